The quantitative estimate of drug-likeness (QED) is 0.715. The van der Waals surface area contributed by atoms with E-state index in [4.69, 9.17) is 9.47 Å². The Hall–Kier alpha value is -1.52. The smallest absolute Gasteiger partial charge is 0.161 e. The van der Waals surface area contributed by atoms with Gasteiger partial charge in [0.15, 0.2) is 11.5 Å². The van der Waals surface area contributed by atoms with Crippen LogP contribution in [-0.2, 0) is 6.54 Å². The molecule has 0 atom stereocenters. The number of hydrogen-bond acceptors (Lipinski definition) is 4. The molecular formula is C16H21NO2S. The highest BCUT2D eigenvalue weighted by molar-refractivity contribution is 7.09. The molecule has 1 aromatic heterocycles. The van der Waals surface area contributed by atoms with Gasteiger partial charge in [-0.3, -0.25) is 0 Å². The monoisotopic (exact) mass is 291 g/mol. The first-order valence-corrected chi connectivity index (χ1v) is 7.86. The molecule has 0 aliphatic rings. The molecule has 4 heteroatoms. The van der Waals surface area contributed by atoms with Gasteiger partial charge in [-0.25, -0.2) is 0 Å². The standard InChI is InChI=1S/C16H21NO2S/c1-2-10-18-15-7-3-4-8-16(15)19-11-9-17-13-14-6-5-12-20-14/h3-8,12,17H,2,9-11,13H2,1H3. The molecule has 2 aromatic rings. The van der Waals surface area contributed by atoms with Crippen LogP contribution in [0.1, 0.15) is 18.2 Å². The summed E-state index contributed by atoms with van der Waals surface area (Å²) >= 11 is 1.77. The molecule has 0 radical (unpaired) electrons. The lowest BCUT2D eigenvalue weighted by Gasteiger charge is -2.12. The van der Waals surface area contributed by atoms with Crippen molar-refractivity contribution >= 4 is 11.3 Å². The average molecular weight is 291 g/mol. The van der Waals surface area contributed by atoms with Crippen LogP contribution >= 0.6 is 11.3 Å². The lowest BCUT2D eigenvalue weighted by molar-refractivity contribution is 0.267. The van der Waals surface area contributed by atoms with Crippen molar-refractivity contribution in [2.75, 3.05) is 19.8 Å². The maximum Gasteiger partial charge on any atom is 0.161 e. The van der Waals surface area contributed by atoms with Crippen LogP contribution in [0.2, 0.25) is 0 Å². The first kappa shape index (κ1) is 14.9. The average Bonchev–Trinajstić information content (AvgIpc) is 2.99. The number of hydrogen-bond donors (Lipinski definition) is 1. The maximum absolute atomic E-state index is 5.77. The van der Waals surface area contributed by atoms with Gasteiger partial charge in [-0.05, 0) is 30.0 Å². The fraction of sp³-hybridized carbons (Fsp3) is 0.375. The topological polar surface area (TPSA) is 30.5 Å². The van der Waals surface area contributed by atoms with Crippen molar-refractivity contribution in [2.24, 2.45) is 0 Å². The van der Waals surface area contributed by atoms with Crippen molar-refractivity contribution in [1.82, 2.24) is 5.32 Å². The minimum absolute atomic E-state index is 0.637. The lowest BCUT2D eigenvalue weighted by atomic mass is 10.3. The van der Waals surface area contributed by atoms with Gasteiger partial charge in [-0.1, -0.05) is 25.1 Å². The molecule has 0 amide bonds. The highest BCUT2D eigenvalue weighted by Crippen LogP contribution is 2.26. The molecule has 1 heterocycles. The van der Waals surface area contributed by atoms with Crippen molar-refractivity contribution < 1.29 is 9.47 Å². The van der Waals surface area contributed by atoms with E-state index < -0.39 is 0 Å². The molecule has 3 nitrogen and oxygen atoms in total. The van der Waals surface area contributed by atoms with Gasteiger partial charge in [0.2, 0.25) is 0 Å². The van der Waals surface area contributed by atoms with E-state index in [9.17, 15) is 0 Å². The number of rotatable bonds is 9. The maximum atomic E-state index is 5.77. The van der Waals surface area contributed by atoms with Crippen LogP contribution in [0.25, 0.3) is 0 Å². The van der Waals surface area contributed by atoms with Crippen LogP contribution in [0.15, 0.2) is 41.8 Å². The fourth-order valence-corrected chi connectivity index (χ4v) is 2.43. The molecule has 0 saturated heterocycles. The summed E-state index contributed by atoms with van der Waals surface area (Å²) in [6.07, 6.45) is 0.997. The van der Waals surface area contributed by atoms with Crippen LogP contribution < -0.4 is 14.8 Å². The van der Waals surface area contributed by atoms with Gasteiger partial charge in [0, 0.05) is 18.0 Å². The van der Waals surface area contributed by atoms with Crippen LogP contribution in [0.3, 0.4) is 0 Å². The zero-order valence-electron chi connectivity index (χ0n) is 11.8. The number of para-hydroxylation sites is 2. The van der Waals surface area contributed by atoms with Crippen molar-refractivity contribution in [3.63, 3.8) is 0 Å². The Kier molecular flexibility index (Phi) is 6.41. The van der Waals surface area contributed by atoms with Gasteiger partial charge < -0.3 is 14.8 Å². The Morgan fingerprint density at radius 2 is 1.75 bits per heavy atom. The summed E-state index contributed by atoms with van der Waals surface area (Å²) in [6, 6.07) is 12.0. The summed E-state index contributed by atoms with van der Waals surface area (Å²) < 4.78 is 11.4. The number of ether oxygens (including phenoxy) is 2. The summed E-state index contributed by atoms with van der Waals surface area (Å²) in [5, 5.41) is 5.46. The van der Waals surface area contributed by atoms with Gasteiger partial charge in [0.05, 0.1) is 6.61 Å². The normalized spacial score (nSPS) is 10.4. The third kappa shape index (κ3) is 4.87. The van der Waals surface area contributed by atoms with Crippen molar-refractivity contribution in [2.45, 2.75) is 19.9 Å². The van der Waals surface area contributed by atoms with E-state index in [2.05, 4.69) is 29.8 Å². The van der Waals surface area contributed by atoms with E-state index in [1.165, 1.54) is 4.88 Å². The van der Waals surface area contributed by atoms with E-state index in [1.807, 2.05) is 24.3 Å². The van der Waals surface area contributed by atoms with Crippen LogP contribution in [0.5, 0.6) is 11.5 Å². The second kappa shape index (κ2) is 8.61. The van der Waals surface area contributed by atoms with Crippen LogP contribution in [0, 0.1) is 0 Å². The summed E-state index contributed by atoms with van der Waals surface area (Å²) in [5.41, 5.74) is 0. The molecule has 0 saturated carbocycles. The van der Waals surface area contributed by atoms with Gasteiger partial charge in [0.1, 0.15) is 6.61 Å². The van der Waals surface area contributed by atoms with Crippen LogP contribution in [0.4, 0.5) is 0 Å². The predicted molar refractivity (Wildman–Crippen MR) is 83.7 cm³/mol. The second-order valence-electron chi connectivity index (χ2n) is 4.40. The van der Waals surface area contributed by atoms with Crippen molar-refractivity contribution in [1.29, 1.82) is 0 Å². The zero-order chi connectivity index (χ0) is 14.0. The molecule has 0 unspecified atom stereocenters. The van der Waals surface area contributed by atoms with E-state index >= 15 is 0 Å². The fourth-order valence-electron chi connectivity index (χ4n) is 1.76. The summed E-state index contributed by atoms with van der Waals surface area (Å²) in [5.74, 6) is 1.64. The molecule has 0 aliphatic carbocycles. The summed E-state index contributed by atoms with van der Waals surface area (Å²) in [4.78, 5) is 1.34. The molecule has 0 fully saturated rings. The molecule has 0 bridgehead atoms. The Morgan fingerprint density at radius 3 is 2.40 bits per heavy atom. The minimum Gasteiger partial charge on any atom is -0.490 e. The molecule has 1 N–H and O–H groups in total. The highest BCUT2D eigenvalue weighted by atomic mass is 32.1. The molecule has 0 spiro atoms. The van der Waals surface area contributed by atoms with Gasteiger partial charge in [0.25, 0.3) is 0 Å². The minimum atomic E-state index is 0.637. The largest absolute Gasteiger partial charge is 0.490 e. The SMILES string of the molecule is CCCOc1ccccc1OCCNCc1cccs1. The molecule has 1 aromatic carbocycles. The molecular weight excluding hydrogens is 270 g/mol. The molecule has 108 valence electrons. The molecule has 0 aliphatic heterocycles. The second-order valence-corrected chi connectivity index (χ2v) is 5.43. The van der Waals surface area contributed by atoms with Gasteiger partial charge >= 0.3 is 0 Å². The molecule has 2 rings (SSSR count). The Bertz CT molecular complexity index is 485. The number of thiophene rings is 1. The third-order valence-electron chi connectivity index (χ3n) is 2.73. The van der Waals surface area contributed by atoms with E-state index in [0.29, 0.717) is 6.61 Å². The van der Waals surface area contributed by atoms with Crippen molar-refractivity contribution in [3.8, 4) is 11.5 Å². The van der Waals surface area contributed by atoms with E-state index in [0.717, 1.165) is 37.6 Å². The highest BCUT2D eigenvalue weighted by Gasteiger charge is 2.03. The summed E-state index contributed by atoms with van der Waals surface area (Å²) in [7, 11) is 0. The van der Waals surface area contributed by atoms with Crippen LogP contribution in [-0.4, -0.2) is 19.8 Å². The third-order valence-corrected chi connectivity index (χ3v) is 3.60. The van der Waals surface area contributed by atoms with Crippen molar-refractivity contribution in [3.05, 3.63) is 46.7 Å². The Labute approximate surface area is 124 Å². The first-order valence-electron chi connectivity index (χ1n) is 6.98. The van der Waals surface area contributed by atoms with Gasteiger partial charge in [-0.15, -0.1) is 11.3 Å². The predicted octanol–water partition coefficient (Wildman–Crippen LogP) is 3.71. The van der Waals surface area contributed by atoms with Gasteiger partial charge in [-0.2, -0.15) is 0 Å². The van der Waals surface area contributed by atoms with E-state index in [-0.39, 0.29) is 0 Å². The number of nitrogens with one attached hydrogen (secondary N) is 1. The zero-order valence-corrected chi connectivity index (χ0v) is 12.6. The lowest BCUT2D eigenvalue weighted by Crippen LogP contribution is -2.20. The Morgan fingerprint density at radius 1 is 1.00 bits per heavy atom. The number of benzene rings is 1. The van der Waals surface area contributed by atoms with E-state index in [1.54, 1.807) is 11.3 Å². The summed E-state index contributed by atoms with van der Waals surface area (Å²) in [6.45, 7) is 5.17. The first-order chi connectivity index (χ1) is 9.90. The Balaban J connectivity index is 1.70. The molecule has 20 heavy (non-hydrogen) atoms.